The van der Waals surface area contributed by atoms with E-state index in [0.717, 1.165) is 28.2 Å². The van der Waals surface area contributed by atoms with Gasteiger partial charge >= 0.3 is 0 Å². The lowest BCUT2D eigenvalue weighted by molar-refractivity contribution is 0.183. The number of hydrogen-bond acceptors (Lipinski definition) is 5. The Morgan fingerprint density at radius 1 is 1.44 bits per heavy atom. The molecule has 2 rings (SSSR count). The average Bonchev–Trinajstić information content (AvgIpc) is 2.80. The number of ether oxygens (including phenoxy) is 1. The lowest BCUT2D eigenvalue weighted by Gasteiger charge is -2.05. The highest BCUT2D eigenvalue weighted by molar-refractivity contribution is 9.10. The molecule has 0 saturated carbocycles. The molecule has 0 spiro atoms. The van der Waals surface area contributed by atoms with Gasteiger partial charge in [-0.1, -0.05) is 0 Å². The predicted octanol–water partition coefficient (Wildman–Crippen LogP) is 2.13. The third-order valence-corrected chi connectivity index (χ3v) is 3.33. The van der Waals surface area contributed by atoms with E-state index in [1.54, 1.807) is 13.3 Å². The minimum Gasteiger partial charge on any atom is -0.383 e. The molecular formula is C11H14BrN5O. The molecular weight excluding hydrogens is 298 g/mol. The van der Waals surface area contributed by atoms with Crippen molar-refractivity contribution in [3.63, 3.8) is 0 Å². The van der Waals surface area contributed by atoms with Crippen LogP contribution in [0.5, 0.6) is 0 Å². The molecule has 0 aliphatic heterocycles. The molecule has 2 aromatic rings. The molecule has 0 aliphatic rings. The Balaban J connectivity index is 2.09. The van der Waals surface area contributed by atoms with Crippen molar-refractivity contribution in [2.45, 2.75) is 13.5 Å². The molecule has 0 unspecified atom stereocenters. The SMILES string of the molecule is COCCn1cc(Nc2ncnc(C)c2Br)cn1. The Bertz CT molecular complexity index is 528. The van der Waals surface area contributed by atoms with E-state index in [9.17, 15) is 0 Å². The number of rotatable bonds is 5. The van der Waals surface area contributed by atoms with Crippen LogP contribution in [-0.4, -0.2) is 33.5 Å². The molecule has 0 fully saturated rings. The summed E-state index contributed by atoms with van der Waals surface area (Å²) in [5, 5.41) is 7.41. The third kappa shape index (κ3) is 3.05. The van der Waals surface area contributed by atoms with Gasteiger partial charge in [-0.3, -0.25) is 4.68 Å². The lowest BCUT2D eigenvalue weighted by atomic mass is 10.4. The molecule has 96 valence electrons. The molecule has 0 atom stereocenters. The van der Waals surface area contributed by atoms with Crippen molar-refractivity contribution in [1.82, 2.24) is 19.7 Å². The Morgan fingerprint density at radius 3 is 3.06 bits per heavy atom. The van der Waals surface area contributed by atoms with Crippen molar-refractivity contribution in [3.05, 3.63) is 28.9 Å². The highest BCUT2D eigenvalue weighted by atomic mass is 79.9. The second kappa shape index (κ2) is 5.92. The molecule has 7 heteroatoms. The molecule has 0 aliphatic carbocycles. The average molecular weight is 312 g/mol. The van der Waals surface area contributed by atoms with Crippen LogP contribution in [0.3, 0.4) is 0 Å². The van der Waals surface area contributed by atoms with E-state index in [2.05, 4.69) is 36.3 Å². The van der Waals surface area contributed by atoms with Gasteiger partial charge in [0.15, 0.2) is 0 Å². The van der Waals surface area contributed by atoms with Gasteiger partial charge < -0.3 is 10.1 Å². The van der Waals surface area contributed by atoms with Gasteiger partial charge in [-0.05, 0) is 22.9 Å². The fourth-order valence-electron chi connectivity index (χ4n) is 1.42. The minimum absolute atomic E-state index is 0.636. The first-order valence-corrected chi connectivity index (χ1v) is 6.25. The van der Waals surface area contributed by atoms with Gasteiger partial charge in [-0.25, -0.2) is 9.97 Å². The van der Waals surface area contributed by atoms with Gasteiger partial charge in [-0.15, -0.1) is 0 Å². The topological polar surface area (TPSA) is 64.9 Å². The summed E-state index contributed by atoms with van der Waals surface area (Å²) in [5.74, 6) is 0.730. The molecule has 2 aromatic heterocycles. The van der Waals surface area contributed by atoms with E-state index in [4.69, 9.17) is 4.74 Å². The fourth-order valence-corrected chi connectivity index (χ4v) is 1.72. The number of aryl methyl sites for hydroxylation is 1. The number of methoxy groups -OCH3 is 1. The summed E-state index contributed by atoms with van der Waals surface area (Å²) < 4.78 is 7.67. The maximum atomic E-state index is 5.00. The first-order valence-electron chi connectivity index (χ1n) is 5.46. The Hall–Kier alpha value is -1.47. The number of aromatic nitrogens is 4. The summed E-state index contributed by atoms with van der Waals surface area (Å²) >= 11 is 3.45. The minimum atomic E-state index is 0.636. The summed E-state index contributed by atoms with van der Waals surface area (Å²) in [6, 6.07) is 0. The van der Waals surface area contributed by atoms with E-state index in [-0.39, 0.29) is 0 Å². The number of hydrogen-bond donors (Lipinski definition) is 1. The number of halogens is 1. The molecule has 0 saturated heterocycles. The normalized spacial score (nSPS) is 10.6. The van der Waals surface area contributed by atoms with Crippen LogP contribution in [0, 0.1) is 6.92 Å². The summed E-state index contributed by atoms with van der Waals surface area (Å²) in [6.45, 7) is 3.28. The largest absolute Gasteiger partial charge is 0.383 e. The van der Waals surface area contributed by atoms with E-state index in [0.29, 0.717) is 6.61 Å². The van der Waals surface area contributed by atoms with Crippen LogP contribution >= 0.6 is 15.9 Å². The van der Waals surface area contributed by atoms with Gasteiger partial charge in [0.25, 0.3) is 0 Å². The van der Waals surface area contributed by atoms with Gasteiger partial charge in [0.1, 0.15) is 12.1 Å². The molecule has 0 radical (unpaired) electrons. The van der Waals surface area contributed by atoms with Crippen molar-refractivity contribution < 1.29 is 4.74 Å². The summed E-state index contributed by atoms with van der Waals surface area (Å²) in [6.07, 6.45) is 5.18. The molecule has 18 heavy (non-hydrogen) atoms. The van der Waals surface area contributed by atoms with Crippen molar-refractivity contribution in [2.24, 2.45) is 0 Å². The molecule has 2 heterocycles. The summed E-state index contributed by atoms with van der Waals surface area (Å²) in [5.41, 5.74) is 1.77. The Labute approximate surface area is 114 Å². The van der Waals surface area contributed by atoms with Gasteiger partial charge in [-0.2, -0.15) is 5.10 Å². The van der Waals surface area contributed by atoms with Gasteiger partial charge in [0.05, 0.1) is 35.2 Å². The quantitative estimate of drug-likeness (QED) is 0.916. The zero-order valence-electron chi connectivity index (χ0n) is 10.2. The van der Waals surface area contributed by atoms with Gasteiger partial charge in [0, 0.05) is 13.3 Å². The molecule has 0 bridgehead atoms. The maximum Gasteiger partial charge on any atom is 0.148 e. The standard InChI is InChI=1S/C11H14BrN5O/c1-8-10(12)11(14-7-13-8)16-9-5-15-17(6-9)3-4-18-2/h5-7H,3-4H2,1-2H3,(H,13,14,16). The van der Waals surface area contributed by atoms with Crippen LogP contribution in [0.2, 0.25) is 0 Å². The van der Waals surface area contributed by atoms with Crippen molar-refractivity contribution in [1.29, 1.82) is 0 Å². The lowest BCUT2D eigenvalue weighted by Crippen LogP contribution is -2.04. The zero-order valence-corrected chi connectivity index (χ0v) is 11.8. The Morgan fingerprint density at radius 2 is 2.28 bits per heavy atom. The Kier molecular flexibility index (Phi) is 4.27. The van der Waals surface area contributed by atoms with Crippen LogP contribution in [0.1, 0.15) is 5.69 Å². The van der Waals surface area contributed by atoms with Crippen molar-refractivity contribution >= 4 is 27.4 Å². The second-order valence-corrected chi connectivity index (χ2v) is 4.52. The summed E-state index contributed by atoms with van der Waals surface area (Å²) in [4.78, 5) is 8.27. The van der Waals surface area contributed by atoms with Crippen LogP contribution in [0.25, 0.3) is 0 Å². The maximum absolute atomic E-state index is 5.00. The highest BCUT2D eigenvalue weighted by Gasteiger charge is 2.06. The van der Waals surface area contributed by atoms with Crippen LogP contribution in [0.4, 0.5) is 11.5 Å². The van der Waals surface area contributed by atoms with E-state index in [1.807, 2.05) is 17.8 Å². The van der Waals surface area contributed by atoms with Crippen LogP contribution < -0.4 is 5.32 Å². The first kappa shape index (κ1) is 13.0. The predicted molar refractivity (Wildman–Crippen MR) is 71.9 cm³/mol. The second-order valence-electron chi connectivity index (χ2n) is 3.73. The van der Waals surface area contributed by atoms with Crippen LogP contribution in [-0.2, 0) is 11.3 Å². The van der Waals surface area contributed by atoms with Crippen molar-refractivity contribution in [3.8, 4) is 0 Å². The first-order chi connectivity index (χ1) is 8.70. The molecule has 1 N–H and O–H groups in total. The molecule has 0 aromatic carbocycles. The monoisotopic (exact) mass is 311 g/mol. The zero-order chi connectivity index (χ0) is 13.0. The highest BCUT2D eigenvalue weighted by Crippen LogP contribution is 2.24. The van der Waals surface area contributed by atoms with E-state index in [1.165, 1.54) is 6.33 Å². The smallest absolute Gasteiger partial charge is 0.148 e. The van der Waals surface area contributed by atoms with Gasteiger partial charge in [0.2, 0.25) is 0 Å². The molecule has 6 nitrogen and oxygen atoms in total. The van der Waals surface area contributed by atoms with E-state index >= 15 is 0 Å². The van der Waals surface area contributed by atoms with E-state index < -0.39 is 0 Å². The number of anilines is 2. The number of nitrogens with zero attached hydrogens (tertiary/aromatic N) is 4. The third-order valence-electron chi connectivity index (χ3n) is 2.38. The molecule has 0 amide bonds. The fraction of sp³-hybridized carbons (Fsp3) is 0.364. The van der Waals surface area contributed by atoms with Crippen LogP contribution in [0.15, 0.2) is 23.2 Å². The number of nitrogens with one attached hydrogen (secondary N) is 1. The summed E-state index contributed by atoms with van der Waals surface area (Å²) in [7, 11) is 1.67. The van der Waals surface area contributed by atoms with Crippen molar-refractivity contribution in [2.75, 3.05) is 19.0 Å².